The molecule has 2 aromatic carbocycles. The Morgan fingerprint density at radius 3 is 1.33 bits per heavy atom. The van der Waals surface area contributed by atoms with Crippen LogP contribution < -0.4 is 14.2 Å². The van der Waals surface area contributed by atoms with Gasteiger partial charge in [0.15, 0.2) is 0 Å². The smallest absolute Gasteiger partial charge is 0.145 e. The van der Waals surface area contributed by atoms with Crippen LogP contribution in [-0.2, 0) is 0 Å². The van der Waals surface area contributed by atoms with Gasteiger partial charge in [0.05, 0.1) is 12.4 Å². The summed E-state index contributed by atoms with van der Waals surface area (Å²) in [7, 11) is 0. The summed E-state index contributed by atoms with van der Waals surface area (Å²) in [6.07, 6.45) is 6.68. The van der Waals surface area contributed by atoms with Gasteiger partial charge in [-0.25, -0.2) is 0 Å². The zero-order chi connectivity index (χ0) is 18.3. The van der Waals surface area contributed by atoms with Crippen LogP contribution in [0.25, 0.3) is 0 Å². The fourth-order valence-corrected chi connectivity index (χ4v) is 2.43. The molecule has 0 saturated carbocycles. The molecule has 2 heterocycles. The number of benzene rings is 2. The Kier molecular flexibility index (Phi) is 4.93. The van der Waals surface area contributed by atoms with Crippen molar-refractivity contribution in [1.82, 2.24) is 9.97 Å². The average molecular weight is 356 g/mol. The van der Waals surface area contributed by atoms with Crippen molar-refractivity contribution in [2.24, 2.45) is 0 Å². The van der Waals surface area contributed by atoms with Crippen LogP contribution in [-0.4, -0.2) is 9.97 Å². The zero-order valence-electron chi connectivity index (χ0n) is 14.4. The molecule has 0 spiro atoms. The largest absolute Gasteiger partial charge is 0.457 e. The molecule has 5 heteroatoms. The van der Waals surface area contributed by atoms with Gasteiger partial charge in [0.1, 0.15) is 34.5 Å². The standard InChI is InChI=1S/C22H16N2O3/c1-2-6-17(7-3-1)25-20-12-21(26-18-8-4-10-23-15-18)14-22(13-20)27-19-9-5-11-24-16-19/h1-16H. The molecule has 0 fully saturated rings. The highest BCUT2D eigenvalue weighted by Crippen LogP contribution is 2.35. The van der Waals surface area contributed by atoms with Crippen molar-refractivity contribution in [3.05, 3.63) is 97.6 Å². The molecule has 4 aromatic rings. The van der Waals surface area contributed by atoms with E-state index in [2.05, 4.69) is 9.97 Å². The Hall–Kier alpha value is -3.86. The Morgan fingerprint density at radius 2 is 0.889 bits per heavy atom. The first-order valence-corrected chi connectivity index (χ1v) is 8.39. The first-order chi connectivity index (χ1) is 13.3. The van der Waals surface area contributed by atoms with Crippen molar-refractivity contribution in [3.8, 4) is 34.5 Å². The van der Waals surface area contributed by atoms with Gasteiger partial charge in [0.2, 0.25) is 0 Å². The fraction of sp³-hybridized carbons (Fsp3) is 0. The summed E-state index contributed by atoms with van der Waals surface area (Å²) in [5.41, 5.74) is 0. The van der Waals surface area contributed by atoms with Gasteiger partial charge < -0.3 is 14.2 Å². The van der Waals surface area contributed by atoms with Crippen molar-refractivity contribution in [3.63, 3.8) is 0 Å². The van der Waals surface area contributed by atoms with Crippen molar-refractivity contribution in [2.45, 2.75) is 0 Å². The maximum atomic E-state index is 5.94. The quantitative estimate of drug-likeness (QED) is 0.433. The molecule has 27 heavy (non-hydrogen) atoms. The minimum atomic E-state index is 0.579. The lowest BCUT2D eigenvalue weighted by Gasteiger charge is -2.12. The van der Waals surface area contributed by atoms with Crippen molar-refractivity contribution in [2.75, 3.05) is 0 Å². The van der Waals surface area contributed by atoms with Crippen LogP contribution in [0.3, 0.4) is 0 Å². The molecular weight excluding hydrogens is 340 g/mol. The number of ether oxygens (including phenoxy) is 3. The Morgan fingerprint density at radius 1 is 0.444 bits per heavy atom. The first-order valence-electron chi connectivity index (χ1n) is 8.39. The third kappa shape index (κ3) is 4.61. The molecule has 0 radical (unpaired) electrons. The predicted molar refractivity (Wildman–Crippen MR) is 102 cm³/mol. The maximum absolute atomic E-state index is 5.94. The monoisotopic (exact) mass is 356 g/mol. The maximum Gasteiger partial charge on any atom is 0.145 e. The van der Waals surface area contributed by atoms with Crippen LogP contribution >= 0.6 is 0 Å². The normalized spacial score (nSPS) is 10.2. The number of hydrogen-bond acceptors (Lipinski definition) is 5. The highest BCUT2D eigenvalue weighted by Gasteiger charge is 2.08. The SMILES string of the molecule is c1ccc(Oc2cc(Oc3cccnc3)cc(Oc3cccnc3)c2)cc1. The third-order valence-corrected chi connectivity index (χ3v) is 3.57. The summed E-state index contributed by atoms with van der Waals surface area (Å²) >= 11 is 0. The molecule has 0 aliphatic carbocycles. The number of pyridine rings is 2. The summed E-state index contributed by atoms with van der Waals surface area (Å²) in [5, 5.41) is 0. The van der Waals surface area contributed by atoms with E-state index in [1.807, 2.05) is 54.6 Å². The topological polar surface area (TPSA) is 53.5 Å². The van der Waals surface area contributed by atoms with Gasteiger partial charge in [-0.05, 0) is 36.4 Å². The molecule has 0 aliphatic rings. The molecule has 0 amide bonds. The molecule has 4 rings (SSSR count). The lowest BCUT2D eigenvalue weighted by atomic mass is 10.3. The molecule has 0 unspecified atom stereocenters. The molecule has 5 nitrogen and oxygen atoms in total. The summed E-state index contributed by atoms with van der Waals surface area (Å²) < 4.78 is 17.7. The number of aromatic nitrogens is 2. The second-order valence-electron chi connectivity index (χ2n) is 5.64. The minimum Gasteiger partial charge on any atom is -0.457 e. The van der Waals surface area contributed by atoms with Crippen LogP contribution in [0.1, 0.15) is 0 Å². The van der Waals surface area contributed by atoms with E-state index >= 15 is 0 Å². The number of nitrogens with zero attached hydrogens (tertiary/aromatic N) is 2. The van der Waals surface area contributed by atoms with E-state index in [0.717, 1.165) is 5.75 Å². The molecule has 0 saturated heterocycles. The van der Waals surface area contributed by atoms with Crippen LogP contribution in [0.4, 0.5) is 0 Å². The second-order valence-corrected chi connectivity index (χ2v) is 5.64. The molecule has 2 aromatic heterocycles. The van der Waals surface area contributed by atoms with Crippen LogP contribution in [0, 0.1) is 0 Å². The molecule has 0 N–H and O–H groups in total. The first kappa shape index (κ1) is 16.6. The Bertz CT molecular complexity index is 849. The molecule has 132 valence electrons. The van der Waals surface area contributed by atoms with Crippen molar-refractivity contribution < 1.29 is 14.2 Å². The Labute approximate surface area is 156 Å². The van der Waals surface area contributed by atoms with E-state index in [0.29, 0.717) is 28.7 Å². The molecular formula is C22H16N2O3. The lowest BCUT2D eigenvalue weighted by Crippen LogP contribution is -1.91. The average Bonchev–Trinajstić information content (AvgIpc) is 2.70. The van der Waals surface area contributed by atoms with E-state index in [1.165, 1.54) is 0 Å². The zero-order valence-corrected chi connectivity index (χ0v) is 14.4. The number of rotatable bonds is 6. The minimum absolute atomic E-state index is 0.579. The van der Waals surface area contributed by atoms with Crippen LogP contribution in [0.2, 0.25) is 0 Å². The van der Waals surface area contributed by atoms with E-state index < -0.39 is 0 Å². The number of hydrogen-bond donors (Lipinski definition) is 0. The summed E-state index contributed by atoms with van der Waals surface area (Å²) in [5.74, 6) is 3.74. The van der Waals surface area contributed by atoms with Gasteiger partial charge in [0.25, 0.3) is 0 Å². The summed E-state index contributed by atoms with van der Waals surface area (Å²) in [6, 6.07) is 22.2. The lowest BCUT2D eigenvalue weighted by molar-refractivity contribution is 0.438. The van der Waals surface area contributed by atoms with E-state index in [-0.39, 0.29) is 0 Å². The van der Waals surface area contributed by atoms with Gasteiger partial charge in [-0.2, -0.15) is 0 Å². The predicted octanol–water partition coefficient (Wildman–Crippen LogP) is 5.85. The molecule has 0 atom stereocenters. The third-order valence-electron chi connectivity index (χ3n) is 3.57. The highest BCUT2D eigenvalue weighted by molar-refractivity contribution is 5.46. The van der Waals surface area contributed by atoms with Crippen molar-refractivity contribution >= 4 is 0 Å². The van der Waals surface area contributed by atoms with Crippen molar-refractivity contribution in [1.29, 1.82) is 0 Å². The fourth-order valence-electron chi connectivity index (χ4n) is 2.43. The van der Waals surface area contributed by atoms with Crippen LogP contribution in [0.15, 0.2) is 97.6 Å². The number of para-hydroxylation sites is 1. The van der Waals surface area contributed by atoms with Gasteiger partial charge in [-0.1, -0.05) is 18.2 Å². The highest BCUT2D eigenvalue weighted by atomic mass is 16.5. The summed E-state index contributed by atoms with van der Waals surface area (Å²) in [4.78, 5) is 8.13. The van der Waals surface area contributed by atoms with Gasteiger partial charge in [0, 0.05) is 30.6 Å². The van der Waals surface area contributed by atoms with E-state index in [4.69, 9.17) is 14.2 Å². The van der Waals surface area contributed by atoms with Gasteiger partial charge >= 0.3 is 0 Å². The second kappa shape index (κ2) is 8.01. The van der Waals surface area contributed by atoms with E-state index in [9.17, 15) is 0 Å². The molecule has 0 aliphatic heterocycles. The van der Waals surface area contributed by atoms with Crippen LogP contribution in [0.5, 0.6) is 34.5 Å². The molecule has 0 bridgehead atoms. The van der Waals surface area contributed by atoms with E-state index in [1.54, 1.807) is 43.0 Å². The Balaban J connectivity index is 1.64. The van der Waals surface area contributed by atoms with Gasteiger partial charge in [-0.3, -0.25) is 9.97 Å². The summed E-state index contributed by atoms with van der Waals surface area (Å²) in [6.45, 7) is 0. The van der Waals surface area contributed by atoms with Gasteiger partial charge in [-0.15, -0.1) is 0 Å².